The van der Waals surface area contributed by atoms with E-state index in [9.17, 15) is 0 Å². The smallest absolute Gasteiger partial charge is 1.00 e. The Kier molecular flexibility index (Phi) is 23.0. The largest absolute Gasteiger partial charge is 3.00 e. The SMILES string of the molecule is Brc1cccc(Br)c1Br.[B+3].[Br-].[Br-].[Br-]. The monoisotopic (exact) mass is 560 g/mol. The predicted octanol–water partition coefficient (Wildman–Crippen LogP) is -5.39. The molecule has 0 bridgehead atoms. The van der Waals surface area contributed by atoms with Gasteiger partial charge < -0.3 is 50.9 Å². The van der Waals surface area contributed by atoms with E-state index in [1.165, 1.54) is 0 Å². The first-order valence-electron chi connectivity index (χ1n) is 2.31. The van der Waals surface area contributed by atoms with Crippen molar-refractivity contribution in [2.24, 2.45) is 0 Å². The van der Waals surface area contributed by atoms with Crippen molar-refractivity contribution in [3.05, 3.63) is 31.6 Å². The zero-order valence-electron chi connectivity index (χ0n) is 6.08. The van der Waals surface area contributed by atoms with E-state index in [-0.39, 0.29) is 59.4 Å². The summed E-state index contributed by atoms with van der Waals surface area (Å²) in [4.78, 5) is 0. The topological polar surface area (TPSA) is 0 Å². The Balaban J connectivity index is -0.000000101. The van der Waals surface area contributed by atoms with Crippen LogP contribution in [0.2, 0.25) is 0 Å². The zero-order chi connectivity index (χ0) is 6.85. The predicted molar refractivity (Wildman–Crippen MR) is 55.3 cm³/mol. The van der Waals surface area contributed by atoms with Gasteiger partial charge in [-0.05, 0) is 59.9 Å². The molecule has 1 rings (SSSR count). The minimum absolute atomic E-state index is 0. The minimum atomic E-state index is 0. The molecule has 1 aromatic rings. The molecule has 0 heterocycles. The van der Waals surface area contributed by atoms with Crippen LogP contribution in [-0.4, -0.2) is 8.41 Å². The average Bonchev–Trinajstić information content (AvgIpc) is 1.83. The summed E-state index contributed by atoms with van der Waals surface area (Å²) in [6.45, 7) is 0. The molecule has 0 nitrogen and oxygen atoms in total. The van der Waals surface area contributed by atoms with Crippen molar-refractivity contribution < 1.29 is 50.9 Å². The minimum Gasteiger partial charge on any atom is -1.00 e. The first-order valence-corrected chi connectivity index (χ1v) is 4.69. The molecule has 7 heteroatoms. The summed E-state index contributed by atoms with van der Waals surface area (Å²) in [5.74, 6) is 0. The Morgan fingerprint density at radius 3 is 1.31 bits per heavy atom. The number of hydrogen-bond acceptors (Lipinski definition) is 0. The van der Waals surface area contributed by atoms with Gasteiger partial charge in [-0.2, -0.15) is 0 Å². The van der Waals surface area contributed by atoms with Crippen molar-refractivity contribution in [3.63, 3.8) is 0 Å². The van der Waals surface area contributed by atoms with Gasteiger partial charge in [0.05, 0.1) is 0 Å². The zero-order valence-corrected chi connectivity index (χ0v) is 15.6. The first-order chi connectivity index (χ1) is 4.22. The van der Waals surface area contributed by atoms with E-state index in [1.54, 1.807) is 0 Å². The second-order valence-corrected chi connectivity index (χ2v) is 4.04. The molecule has 0 saturated heterocycles. The van der Waals surface area contributed by atoms with E-state index in [4.69, 9.17) is 0 Å². The van der Waals surface area contributed by atoms with E-state index >= 15 is 0 Å². The number of rotatable bonds is 0. The molecule has 0 saturated carbocycles. The van der Waals surface area contributed by atoms with Crippen LogP contribution in [0.25, 0.3) is 0 Å². The van der Waals surface area contributed by atoms with Gasteiger partial charge in [0.25, 0.3) is 0 Å². The van der Waals surface area contributed by atoms with Crippen LogP contribution < -0.4 is 50.9 Å². The molecule has 0 amide bonds. The van der Waals surface area contributed by atoms with Gasteiger partial charge in [0.2, 0.25) is 0 Å². The molecule has 0 aliphatic heterocycles. The third-order valence-electron chi connectivity index (χ3n) is 0.904. The maximum atomic E-state index is 3.39. The van der Waals surface area contributed by atoms with Crippen LogP contribution in [0.3, 0.4) is 0 Å². The van der Waals surface area contributed by atoms with Crippen molar-refractivity contribution in [2.75, 3.05) is 0 Å². The van der Waals surface area contributed by atoms with E-state index in [0.29, 0.717) is 0 Å². The van der Waals surface area contributed by atoms with Crippen molar-refractivity contribution in [2.45, 2.75) is 0 Å². The van der Waals surface area contributed by atoms with Gasteiger partial charge in [-0.15, -0.1) is 0 Å². The van der Waals surface area contributed by atoms with E-state index in [2.05, 4.69) is 47.8 Å². The summed E-state index contributed by atoms with van der Waals surface area (Å²) < 4.78 is 3.19. The summed E-state index contributed by atoms with van der Waals surface area (Å²) in [7, 11) is 0. The van der Waals surface area contributed by atoms with Crippen molar-refractivity contribution >= 4 is 56.2 Å². The van der Waals surface area contributed by atoms with Crippen LogP contribution in [0.5, 0.6) is 0 Å². The second kappa shape index (κ2) is 12.2. The van der Waals surface area contributed by atoms with Crippen LogP contribution in [0.1, 0.15) is 0 Å². The first kappa shape index (κ1) is 24.4. The molecule has 0 unspecified atom stereocenters. The molecule has 0 aromatic heterocycles. The van der Waals surface area contributed by atoms with E-state index in [1.807, 2.05) is 18.2 Å². The molecule has 0 fully saturated rings. The summed E-state index contributed by atoms with van der Waals surface area (Å²) in [6.07, 6.45) is 0. The average molecular weight is 565 g/mol. The van der Waals surface area contributed by atoms with Crippen molar-refractivity contribution in [3.8, 4) is 0 Å². The Morgan fingerprint density at radius 2 is 1.08 bits per heavy atom. The summed E-state index contributed by atoms with van der Waals surface area (Å²) in [5, 5.41) is 0. The molecular formula is C6H3BBr6. The Bertz CT molecular complexity index is 208. The summed E-state index contributed by atoms with van der Waals surface area (Å²) in [5.41, 5.74) is 0. The molecule has 0 aliphatic rings. The van der Waals surface area contributed by atoms with Crippen LogP contribution >= 0.6 is 47.8 Å². The van der Waals surface area contributed by atoms with Crippen molar-refractivity contribution in [1.82, 2.24) is 0 Å². The third-order valence-corrected chi connectivity index (χ3v) is 4.14. The van der Waals surface area contributed by atoms with Gasteiger partial charge in [-0.1, -0.05) is 6.07 Å². The summed E-state index contributed by atoms with van der Waals surface area (Å²) in [6, 6.07) is 5.93. The molecule has 0 spiro atoms. The number of halogens is 6. The van der Waals surface area contributed by atoms with Crippen LogP contribution in [-0.2, 0) is 0 Å². The Hall–Kier alpha value is 2.16. The maximum absolute atomic E-state index is 3.39. The Morgan fingerprint density at radius 1 is 0.769 bits per heavy atom. The number of benzene rings is 1. The van der Waals surface area contributed by atoms with Gasteiger partial charge in [0.15, 0.2) is 0 Å². The molecule has 0 N–H and O–H groups in total. The maximum Gasteiger partial charge on any atom is 3.00 e. The van der Waals surface area contributed by atoms with Crippen LogP contribution in [0.4, 0.5) is 0 Å². The Labute approximate surface area is 137 Å². The summed E-state index contributed by atoms with van der Waals surface area (Å²) >= 11 is 10.1. The molecule has 13 heavy (non-hydrogen) atoms. The van der Waals surface area contributed by atoms with Gasteiger partial charge in [-0.25, -0.2) is 0 Å². The standard InChI is InChI=1S/C6H3Br3.B.3BrH/c7-4-2-1-3-5(8)6(4)9;;;;/h1-3H;;3*1H/q;+3;;;/p-3. The second-order valence-electron chi connectivity index (χ2n) is 1.54. The molecule has 1 aromatic carbocycles. The molecule has 0 radical (unpaired) electrons. The molecular weight excluding hydrogens is 562 g/mol. The quantitative estimate of drug-likeness (QED) is 0.218. The molecule has 72 valence electrons. The fraction of sp³-hybridized carbons (Fsp3) is 0. The van der Waals surface area contributed by atoms with Gasteiger partial charge >= 0.3 is 8.41 Å². The third kappa shape index (κ3) is 8.02. The molecule has 0 aliphatic carbocycles. The fourth-order valence-electron chi connectivity index (χ4n) is 0.477. The number of hydrogen-bond donors (Lipinski definition) is 0. The van der Waals surface area contributed by atoms with E-state index in [0.717, 1.165) is 13.4 Å². The van der Waals surface area contributed by atoms with Gasteiger partial charge in [0, 0.05) is 13.4 Å². The molecule has 0 atom stereocenters. The van der Waals surface area contributed by atoms with Crippen LogP contribution in [0.15, 0.2) is 31.6 Å². The normalized spacial score (nSPS) is 6.69. The van der Waals surface area contributed by atoms with Gasteiger partial charge in [0.1, 0.15) is 0 Å². The van der Waals surface area contributed by atoms with Crippen molar-refractivity contribution in [1.29, 1.82) is 0 Å². The fourth-order valence-corrected chi connectivity index (χ4v) is 1.74. The van der Waals surface area contributed by atoms with Crippen LogP contribution in [0, 0.1) is 0 Å². The van der Waals surface area contributed by atoms with E-state index < -0.39 is 0 Å². The van der Waals surface area contributed by atoms with Gasteiger partial charge in [-0.3, -0.25) is 0 Å².